The van der Waals surface area contributed by atoms with Crippen LogP contribution < -0.4 is 5.73 Å². The molecule has 1 atom stereocenters. The van der Waals surface area contributed by atoms with Crippen LogP contribution in [0.4, 0.5) is 0 Å². The molecule has 1 fully saturated rings. The summed E-state index contributed by atoms with van der Waals surface area (Å²) >= 11 is 5.08. The van der Waals surface area contributed by atoms with Gasteiger partial charge in [0.1, 0.15) is 11.8 Å². The van der Waals surface area contributed by atoms with Gasteiger partial charge < -0.3 is 10.2 Å². The van der Waals surface area contributed by atoms with E-state index in [0.29, 0.717) is 4.99 Å². The van der Waals surface area contributed by atoms with E-state index in [2.05, 4.69) is 4.90 Å². The van der Waals surface area contributed by atoms with Crippen molar-refractivity contribution in [3.63, 3.8) is 0 Å². The van der Waals surface area contributed by atoms with Crippen molar-refractivity contribution in [1.29, 1.82) is 0 Å². The maximum absolute atomic E-state index is 5.74. The number of thiocarbonyl (C=S) groups is 1. The van der Waals surface area contributed by atoms with Crippen molar-refractivity contribution in [3.05, 3.63) is 24.2 Å². The van der Waals surface area contributed by atoms with E-state index in [1.165, 1.54) is 12.8 Å². The van der Waals surface area contributed by atoms with Crippen LogP contribution in [0.15, 0.2) is 22.8 Å². The number of likely N-dealkylation sites (tertiary alicyclic amines) is 1. The summed E-state index contributed by atoms with van der Waals surface area (Å²) in [6.45, 7) is 2.12. The lowest BCUT2D eigenvalue weighted by Crippen LogP contribution is -2.34. The van der Waals surface area contributed by atoms with Crippen molar-refractivity contribution >= 4 is 17.2 Å². The van der Waals surface area contributed by atoms with Gasteiger partial charge in [0.05, 0.1) is 11.3 Å². The number of furan rings is 1. The summed E-state index contributed by atoms with van der Waals surface area (Å²) in [5, 5.41) is 0. The largest absolute Gasteiger partial charge is 0.467 e. The summed E-state index contributed by atoms with van der Waals surface area (Å²) in [6, 6.07) is 3.79. The SMILES string of the molecule is NC(=S)C(c1ccco1)N1CCCC1. The maximum atomic E-state index is 5.74. The van der Waals surface area contributed by atoms with E-state index in [0.717, 1.165) is 18.8 Å². The van der Waals surface area contributed by atoms with Gasteiger partial charge in [-0.15, -0.1) is 0 Å². The molecule has 0 aliphatic carbocycles. The highest BCUT2D eigenvalue weighted by molar-refractivity contribution is 7.80. The fraction of sp³-hybridized carbons (Fsp3) is 0.500. The van der Waals surface area contributed by atoms with Gasteiger partial charge in [0.2, 0.25) is 0 Å². The first-order chi connectivity index (χ1) is 6.79. The molecule has 0 amide bonds. The minimum Gasteiger partial charge on any atom is -0.467 e. The number of nitrogens with two attached hydrogens (primary N) is 1. The van der Waals surface area contributed by atoms with Gasteiger partial charge in [0, 0.05) is 0 Å². The highest BCUT2D eigenvalue weighted by Gasteiger charge is 2.27. The molecule has 1 aromatic rings. The Morgan fingerprint density at radius 3 is 2.71 bits per heavy atom. The summed E-state index contributed by atoms with van der Waals surface area (Å²) in [7, 11) is 0. The van der Waals surface area contributed by atoms with Gasteiger partial charge in [-0.05, 0) is 38.1 Å². The van der Waals surface area contributed by atoms with Crippen molar-refractivity contribution in [2.24, 2.45) is 5.73 Å². The predicted octanol–water partition coefficient (Wildman–Crippen LogP) is 1.70. The molecule has 3 nitrogen and oxygen atoms in total. The maximum Gasteiger partial charge on any atom is 0.127 e. The van der Waals surface area contributed by atoms with E-state index in [1.807, 2.05) is 12.1 Å². The molecule has 0 spiro atoms. The zero-order valence-electron chi connectivity index (χ0n) is 7.98. The van der Waals surface area contributed by atoms with E-state index >= 15 is 0 Å². The number of hydrogen-bond donors (Lipinski definition) is 1. The van der Waals surface area contributed by atoms with Crippen LogP contribution in [0.5, 0.6) is 0 Å². The lowest BCUT2D eigenvalue weighted by Gasteiger charge is -2.24. The zero-order valence-corrected chi connectivity index (χ0v) is 8.80. The first-order valence-electron chi connectivity index (χ1n) is 4.86. The van der Waals surface area contributed by atoms with E-state index in [4.69, 9.17) is 22.4 Å². The smallest absolute Gasteiger partial charge is 0.127 e. The quantitative estimate of drug-likeness (QED) is 0.771. The lowest BCUT2D eigenvalue weighted by molar-refractivity contribution is 0.272. The highest BCUT2D eigenvalue weighted by Crippen LogP contribution is 2.25. The van der Waals surface area contributed by atoms with Crippen molar-refractivity contribution in [2.75, 3.05) is 13.1 Å². The van der Waals surface area contributed by atoms with Crippen molar-refractivity contribution in [3.8, 4) is 0 Å². The van der Waals surface area contributed by atoms with E-state index < -0.39 is 0 Å². The predicted molar refractivity (Wildman–Crippen MR) is 59.0 cm³/mol. The Kier molecular flexibility index (Phi) is 2.84. The third-order valence-electron chi connectivity index (χ3n) is 2.59. The Balaban J connectivity index is 2.19. The summed E-state index contributed by atoms with van der Waals surface area (Å²) in [6.07, 6.45) is 4.11. The molecule has 76 valence electrons. The van der Waals surface area contributed by atoms with Crippen LogP contribution in [-0.2, 0) is 0 Å². The molecule has 14 heavy (non-hydrogen) atoms. The van der Waals surface area contributed by atoms with Crippen LogP contribution in [0.3, 0.4) is 0 Å². The average Bonchev–Trinajstić information content (AvgIpc) is 2.75. The normalized spacial score (nSPS) is 19.7. The second-order valence-corrected chi connectivity index (χ2v) is 4.03. The summed E-state index contributed by atoms with van der Waals surface area (Å²) in [5.74, 6) is 0.861. The van der Waals surface area contributed by atoms with Gasteiger partial charge >= 0.3 is 0 Å². The Morgan fingerprint density at radius 1 is 1.50 bits per heavy atom. The van der Waals surface area contributed by atoms with Gasteiger partial charge in [-0.3, -0.25) is 4.90 Å². The molecule has 1 aliphatic rings. The molecule has 1 aromatic heterocycles. The second-order valence-electron chi connectivity index (χ2n) is 3.56. The third kappa shape index (κ3) is 1.81. The van der Waals surface area contributed by atoms with Crippen LogP contribution in [0, 0.1) is 0 Å². The molecule has 2 N–H and O–H groups in total. The Morgan fingerprint density at radius 2 is 2.21 bits per heavy atom. The second kappa shape index (κ2) is 4.11. The molecule has 1 aliphatic heterocycles. The molecule has 0 radical (unpaired) electrons. The zero-order chi connectivity index (χ0) is 9.97. The highest BCUT2D eigenvalue weighted by atomic mass is 32.1. The molecule has 0 bridgehead atoms. The minimum absolute atomic E-state index is 0.0116. The molecule has 4 heteroatoms. The van der Waals surface area contributed by atoms with Crippen LogP contribution in [0.2, 0.25) is 0 Å². The molecular weight excluding hydrogens is 196 g/mol. The van der Waals surface area contributed by atoms with Crippen molar-refractivity contribution in [1.82, 2.24) is 4.90 Å². The Bertz CT molecular complexity index is 304. The summed E-state index contributed by atoms with van der Waals surface area (Å²) in [4.78, 5) is 2.78. The van der Waals surface area contributed by atoms with E-state index in [1.54, 1.807) is 6.26 Å². The molecule has 0 saturated carbocycles. The summed E-state index contributed by atoms with van der Waals surface area (Å²) in [5.41, 5.74) is 5.74. The van der Waals surface area contributed by atoms with E-state index in [9.17, 15) is 0 Å². The fourth-order valence-corrected chi connectivity index (χ4v) is 2.21. The molecule has 1 saturated heterocycles. The van der Waals surface area contributed by atoms with Gasteiger partial charge in [0.15, 0.2) is 0 Å². The number of hydrogen-bond acceptors (Lipinski definition) is 3. The Labute approximate surface area is 88.9 Å². The molecule has 0 aromatic carbocycles. The molecule has 2 heterocycles. The van der Waals surface area contributed by atoms with E-state index in [-0.39, 0.29) is 6.04 Å². The van der Waals surface area contributed by atoms with Crippen LogP contribution in [0.25, 0.3) is 0 Å². The van der Waals surface area contributed by atoms with Crippen LogP contribution in [0.1, 0.15) is 24.6 Å². The van der Waals surface area contributed by atoms with Gasteiger partial charge in [-0.1, -0.05) is 12.2 Å². The topological polar surface area (TPSA) is 42.4 Å². The molecular formula is C10H14N2OS. The minimum atomic E-state index is -0.0116. The fourth-order valence-electron chi connectivity index (χ4n) is 1.95. The third-order valence-corrected chi connectivity index (χ3v) is 2.81. The molecule has 2 rings (SSSR count). The van der Waals surface area contributed by atoms with Crippen molar-refractivity contribution in [2.45, 2.75) is 18.9 Å². The Hall–Kier alpha value is -0.870. The number of rotatable bonds is 3. The van der Waals surface area contributed by atoms with Crippen molar-refractivity contribution < 1.29 is 4.42 Å². The monoisotopic (exact) mass is 210 g/mol. The average molecular weight is 210 g/mol. The number of nitrogens with zero attached hydrogens (tertiary/aromatic N) is 1. The van der Waals surface area contributed by atoms with Crippen LogP contribution in [-0.4, -0.2) is 23.0 Å². The van der Waals surface area contributed by atoms with Gasteiger partial charge in [-0.2, -0.15) is 0 Å². The molecule has 1 unspecified atom stereocenters. The van der Waals surface area contributed by atoms with Crippen LogP contribution >= 0.6 is 12.2 Å². The summed E-state index contributed by atoms with van der Waals surface area (Å²) < 4.78 is 5.36. The van der Waals surface area contributed by atoms with Gasteiger partial charge in [0.25, 0.3) is 0 Å². The standard InChI is InChI=1S/C10H14N2OS/c11-10(14)9(8-4-3-7-13-8)12-5-1-2-6-12/h3-4,7,9H,1-2,5-6H2,(H2,11,14). The first kappa shape index (κ1) is 9.68. The van der Waals surface area contributed by atoms with Gasteiger partial charge in [-0.25, -0.2) is 0 Å². The first-order valence-corrected chi connectivity index (χ1v) is 5.26. The lowest BCUT2D eigenvalue weighted by atomic mass is 10.2.